The molecule has 0 atom stereocenters. The largest absolute Gasteiger partial charge is 0.352 e. The molecule has 0 saturated heterocycles. The Labute approximate surface area is 151 Å². The van der Waals surface area contributed by atoms with E-state index in [0.29, 0.717) is 13.0 Å². The van der Waals surface area contributed by atoms with Crippen molar-refractivity contribution in [2.24, 2.45) is 11.7 Å². The normalized spacial score (nSPS) is 10.2. The molecular formula is C18H30ClN3O2. The van der Waals surface area contributed by atoms with Crippen molar-refractivity contribution in [2.75, 3.05) is 11.9 Å². The maximum Gasteiger partial charge on any atom is 0.226 e. The van der Waals surface area contributed by atoms with Crippen LogP contribution in [0.3, 0.4) is 0 Å². The molecule has 1 aromatic carbocycles. The molecule has 2 amide bonds. The minimum absolute atomic E-state index is 0. The second kappa shape index (κ2) is 12.8. The van der Waals surface area contributed by atoms with Crippen molar-refractivity contribution in [2.45, 2.75) is 52.5 Å². The van der Waals surface area contributed by atoms with Gasteiger partial charge in [-0.15, -0.1) is 12.4 Å². The molecule has 0 radical (unpaired) electrons. The molecule has 0 heterocycles. The van der Waals surface area contributed by atoms with Gasteiger partial charge in [-0.25, -0.2) is 0 Å². The highest BCUT2D eigenvalue weighted by atomic mass is 35.5. The van der Waals surface area contributed by atoms with Crippen LogP contribution in [0.15, 0.2) is 24.3 Å². The molecule has 0 fully saturated rings. The average molecular weight is 356 g/mol. The van der Waals surface area contributed by atoms with Crippen LogP contribution in [0.25, 0.3) is 0 Å². The number of carbonyl (C=O) groups is 2. The van der Waals surface area contributed by atoms with Crippen LogP contribution in [-0.2, 0) is 16.1 Å². The molecule has 5 nitrogen and oxygen atoms in total. The fraction of sp³-hybridized carbons (Fsp3) is 0.556. The van der Waals surface area contributed by atoms with Crippen molar-refractivity contribution in [3.8, 4) is 0 Å². The lowest BCUT2D eigenvalue weighted by molar-refractivity contribution is -0.121. The van der Waals surface area contributed by atoms with Gasteiger partial charge in [0.15, 0.2) is 0 Å². The van der Waals surface area contributed by atoms with Crippen molar-refractivity contribution in [1.82, 2.24) is 5.32 Å². The summed E-state index contributed by atoms with van der Waals surface area (Å²) in [5, 5.41) is 5.76. The third-order valence-corrected chi connectivity index (χ3v) is 3.59. The maximum atomic E-state index is 11.7. The first kappa shape index (κ1) is 22.4. The SMILES string of the molecule is CC(C)C(=O)Nc1ccc(CNC(=O)CCCCCCN)cc1.Cl. The van der Waals surface area contributed by atoms with Crippen molar-refractivity contribution < 1.29 is 9.59 Å². The summed E-state index contributed by atoms with van der Waals surface area (Å²) in [6.07, 6.45) is 4.64. The summed E-state index contributed by atoms with van der Waals surface area (Å²) in [6.45, 7) is 4.95. The number of rotatable bonds is 10. The highest BCUT2D eigenvalue weighted by Gasteiger charge is 2.07. The first-order valence-electron chi connectivity index (χ1n) is 8.39. The maximum absolute atomic E-state index is 11.7. The minimum Gasteiger partial charge on any atom is -0.352 e. The van der Waals surface area contributed by atoms with Gasteiger partial charge in [0.25, 0.3) is 0 Å². The summed E-state index contributed by atoms with van der Waals surface area (Å²) in [7, 11) is 0. The van der Waals surface area contributed by atoms with Gasteiger partial charge in [-0.1, -0.05) is 38.8 Å². The Morgan fingerprint density at radius 2 is 1.67 bits per heavy atom. The Balaban J connectivity index is 0.00000529. The van der Waals surface area contributed by atoms with E-state index in [-0.39, 0.29) is 30.1 Å². The number of carbonyl (C=O) groups excluding carboxylic acids is 2. The van der Waals surface area contributed by atoms with Gasteiger partial charge in [0.1, 0.15) is 0 Å². The summed E-state index contributed by atoms with van der Waals surface area (Å²) < 4.78 is 0. The first-order chi connectivity index (χ1) is 11.0. The Morgan fingerprint density at radius 3 is 2.25 bits per heavy atom. The number of hydrogen-bond acceptors (Lipinski definition) is 3. The van der Waals surface area contributed by atoms with Crippen LogP contribution in [0.1, 0.15) is 51.5 Å². The lowest BCUT2D eigenvalue weighted by Crippen LogP contribution is -2.22. The van der Waals surface area contributed by atoms with Gasteiger partial charge in [0.2, 0.25) is 11.8 Å². The third kappa shape index (κ3) is 9.53. The molecule has 0 aromatic heterocycles. The first-order valence-corrected chi connectivity index (χ1v) is 8.39. The van der Waals surface area contributed by atoms with Gasteiger partial charge in [0, 0.05) is 24.6 Å². The van der Waals surface area contributed by atoms with E-state index in [1.54, 1.807) is 0 Å². The number of nitrogens with one attached hydrogen (secondary N) is 2. The molecule has 0 aliphatic rings. The molecule has 0 aliphatic heterocycles. The molecule has 0 aliphatic carbocycles. The van der Waals surface area contributed by atoms with Crippen LogP contribution in [0, 0.1) is 5.92 Å². The van der Waals surface area contributed by atoms with E-state index < -0.39 is 0 Å². The lowest BCUT2D eigenvalue weighted by atomic mass is 10.1. The Kier molecular flexibility index (Phi) is 11.9. The van der Waals surface area contributed by atoms with Gasteiger partial charge in [0.05, 0.1) is 0 Å². The van der Waals surface area contributed by atoms with Crippen molar-refractivity contribution in [1.29, 1.82) is 0 Å². The number of benzene rings is 1. The lowest BCUT2D eigenvalue weighted by Gasteiger charge is -2.09. The van der Waals surface area contributed by atoms with Crippen LogP contribution in [-0.4, -0.2) is 18.4 Å². The molecule has 1 aromatic rings. The van der Waals surface area contributed by atoms with Gasteiger partial charge in [-0.05, 0) is 37.1 Å². The highest BCUT2D eigenvalue weighted by Crippen LogP contribution is 2.11. The third-order valence-electron chi connectivity index (χ3n) is 3.59. The fourth-order valence-corrected chi connectivity index (χ4v) is 2.07. The fourth-order valence-electron chi connectivity index (χ4n) is 2.07. The summed E-state index contributed by atoms with van der Waals surface area (Å²) in [6, 6.07) is 7.54. The molecule has 0 spiro atoms. The number of hydrogen-bond donors (Lipinski definition) is 3. The molecule has 0 bridgehead atoms. The molecule has 24 heavy (non-hydrogen) atoms. The van der Waals surface area contributed by atoms with Crippen molar-refractivity contribution >= 4 is 29.9 Å². The summed E-state index contributed by atoms with van der Waals surface area (Å²) in [5.74, 6) is 0.0365. The monoisotopic (exact) mass is 355 g/mol. The molecule has 136 valence electrons. The van der Waals surface area contributed by atoms with E-state index in [1.807, 2.05) is 38.1 Å². The standard InChI is InChI=1S/C18H29N3O2.ClH/c1-14(2)18(23)21-16-10-8-15(9-11-16)13-20-17(22)7-5-3-4-6-12-19;/h8-11,14H,3-7,12-13,19H2,1-2H3,(H,20,22)(H,21,23);1H. The second-order valence-corrected chi connectivity index (χ2v) is 6.07. The van der Waals surface area contributed by atoms with Crippen LogP contribution >= 0.6 is 12.4 Å². The van der Waals surface area contributed by atoms with Crippen LogP contribution in [0.2, 0.25) is 0 Å². The molecule has 0 unspecified atom stereocenters. The van der Waals surface area contributed by atoms with Crippen LogP contribution in [0.4, 0.5) is 5.69 Å². The zero-order chi connectivity index (χ0) is 17.1. The Hall–Kier alpha value is -1.59. The van der Waals surface area contributed by atoms with E-state index >= 15 is 0 Å². The molecule has 4 N–H and O–H groups in total. The van der Waals surface area contributed by atoms with Crippen LogP contribution < -0.4 is 16.4 Å². The number of halogens is 1. The average Bonchev–Trinajstić information content (AvgIpc) is 2.54. The molecule has 6 heteroatoms. The smallest absolute Gasteiger partial charge is 0.226 e. The summed E-state index contributed by atoms with van der Waals surface area (Å²) in [5.41, 5.74) is 7.23. The quantitative estimate of drug-likeness (QED) is 0.563. The number of amides is 2. The number of nitrogens with two attached hydrogens (primary N) is 1. The predicted octanol–water partition coefficient (Wildman–Crippen LogP) is 3.23. The topological polar surface area (TPSA) is 84.2 Å². The van der Waals surface area contributed by atoms with Gasteiger partial charge >= 0.3 is 0 Å². The van der Waals surface area contributed by atoms with Crippen LogP contribution in [0.5, 0.6) is 0 Å². The van der Waals surface area contributed by atoms with E-state index in [4.69, 9.17) is 5.73 Å². The molecule has 0 saturated carbocycles. The van der Waals surface area contributed by atoms with Gasteiger partial charge < -0.3 is 16.4 Å². The highest BCUT2D eigenvalue weighted by molar-refractivity contribution is 5.92. The number of anilines is 1. The molecule has 1 rings (SSSR count). The predicted molar refractivity (Wildman–Crippen MR) is 101 cm³/mol. The van der Waals surface area contributed by atoms with Gasteiger partial charge in [-0.2, -0.15) is 0 Å². The van der Waals surface area contributed by atoms with E-state index in [1.165, 1.54) is 0 Å². The van der Waals surface area contributed by atoms with Gasteiger partial charge in [-0.3, -0.25) is 9.59 Å². The summed E-state index contributed by atoms with van der Waals surface area (Å²) >= 11 is 0. The second-order valence-electron chi connectivity index (χ2n) is 6.07. The molecular weight excluding hydrogens is 326 g/mol. The van der Waals surface area contributed by atoms with Crippen molar-refractivity contribution in [3.63, 3.8) is 0 Å². The number of unbranched alkanes of at least 4 members (excludes halogenated alkanes) is 3. The zero-order valence-electron chi connectivity index (χ0n) is 14.6. The minimum atomic E-state index is -0.0428. The van der Waals surface area contributed by atoms with E-state index in [0.717, 1.165) is 43.5 Å². The zero-order valence-corrected chi connectivity index (χ0v) is 15.5. The Morgan fingerprint density at radius 1 is 1.04 bits per heavy atom. The Bertz CT molecular complexity index is 490. The van der Waals surface area contributed by atoms with E-state index in [2.05, 4.69) is 10.6 Å². The summed E-state index contributed by atoms with van der Waals surface area (Å²) in [4.78, 5) is 23.3. The van der Waals surface area contributed by atoms with Crippen molar-refractivity contribution in [3.05, 3.63) is 29.8 Å². The van der Waals surface area contributed by atoms with E-state index in [9.17, 15) is 9.59 Å².